The fraction of sp³-hybridized carbons (Fsp3) is 0.208. The summed E-state index contributed by atoms with van der Waals surface area (Å²) in [6.45, 7) is 1.85. The summed E-state index contributed by atoms with van der Waals surface area (Å²) in [7, 11) is -0.0733. The van der Waals surface area contributed by atoms with E-state index < -0.39 is 16.1 Å². The molecule has 0 unspecified atom stereocenters. The molecule has 0 aliphatic carbocycles. The number of urea groups is 1. The molecule has 2 aromatic heterocycles. The van der Waals surface area contributed by atoms with E-state index in [0.29, 0.717) is 11.0 Å². The van der Waals surface area contributed by atoms with Gasteiger partial charge in [0.15, 0.2) is 0 Å². The van der Waals surface area contributed by atoms with Crippen molar-refractivity contribution in [3.8, 4) is 5.75 Å². The van der Waals surface area contributed by atoms with E-state index in [9.17, 15) is 13.2 Å². The monoisotopic (exact) mass is 509 g/mol. The Bertz CT molecular complexity index is 1420. The van der Waals surface area contributed by atoms with Gasteiger partial charge in [-0.15, -0.1) is 0 Å². The first-order valence-corrected chi connectivity index (χ1v) is 12.6. The molecule has 4 rings (SSSR count). The minimum absolute atomic E-state index is 0.0392. The molecule has 4 N–H and O–H groups in total. The number of likely N-dealkylation sites (N-methyl/N-ethyl adjacent to an activating group) is 1. The summed E-state index contributed by atoms with van der Waals surface area (Å²) < 4.78 is 30.8. The summed E-state index contributed by atoms with van der Waals surface area (Å²) in [5.74, 6) is 0.325. The second-order valence-corrected chi connectivity index (χ2v) is 9.73. The third-order valence-corrected chi connectivity index (χ3v) is 6.34. The molecule has 4 aromatic rings. The number of anilines is 2. The number of imidazole rings is 1. The molecule has 0 aliphatic rings. The highest BCUT2D eigenvalue weighted by atomic mass is 32.2. The van der Waals surface area contributed by atoms with Crippen LogP contribution in [0.1, 0.15) is 5.69 Å². The molecule has 0 saturated heterocycles. The zero-order chi connectivity index (χ0) is 25.5. The highest BCUT2D eigenvalue weighted by Crippen LogP contribution is 2.24. The maximum Gasteiger partial charge on any atom is 0.339 e. The minimum atomic E-state index is -4.03. The molecule has 2 amide bonds. The highest BCUT2D eigenvalue weighted by molar-refractivity contribution is 7.87. The van der Waals surface area contributed by atoms with Gasteiger partial charge in [0, 0.05) is 31.0 Å². The normalized spacial score (nSPS) is 11.4. The average Bonchev–Trinajstić information content (AvgIpc) is 3.24. The van der Waals surface area contributed by atoms with Crippen molar-refractivity contribution in [3.05, 3.63) is 72.6 Å². The van der Waals surface area contributed by atoms with Gasteiger partial charge in [-0.2, -0.15) is 8.42 Å². The van der Waals surface area contributed by atoms with E-state index in [0.717, 1.165) is 24.5 Å². The average molecular weight is 510 g/mol. The first kappa shape index (κ1) is 24.9. The van der Waals surface area contributed by atoms with Crippen LogP contribution >= 0.6 is 0 Å². The maximum absolute atomic E-state index is 12.7. The molecule has 0 bridgehead atoms. The first-order valence-electron chi connectivity index (χ1n) is 11.2. The van der Waals surface area contributed by atoms with Gasteiger partial charge in [-0.25, -0.2) is 9.78 Å². The Morgan fingerprint density at radius 1 is 1.08 bits per heavy atom. The lowest BCUT2D eigenvalue weighted by molar-refractivity contribution is 0.251. The molecule has 188 valence electrons. The van der Waals surface area contributed by atoms with Crippen LogP contribution in [-0.2, 0) is 16.7 Å². The topological polar surface area (TPSA) is 141 Å². The minimum Gasteiger partial charge on any atom is -0.384 e. The van der Waals surface area contributed by atoms with Crippen molar-refractivity contribution < 1.29 is 17.4 Å². The Hall–Kier alpha value is -4.16. The number of hydrogen-bond acceptors (Lipinski definition) is 8. The number of hydrogen-bond donors (Lipinski definition) is 4. The van der Waals surface area contributed by atoms with Crippen LogP contribution in [-0.4, -0.2) is 61.5 Å². The summed E-state index contributed by atoms with van der Waals surface area (Å²) in [5, 5.41) is 8.53. The largest absolute Gasteiger partial charge is 0.384 e. The van der Waals surface area contributed by atoms with Crippen LogP contribution in [0, 0.1) is 0 Å². The number of carbonyl (C=O) groups is 1. The van der Waals surface area contributed by atoms with Gasteiger partial charge in [0.05, 0.1) is 23.3 Å². The molecule has 0 fully saturated rings. The standard InChI is InChI=1S/C24H27N7O4S/c1-31(2)14-13-26-17-6-9-20(10-7-17)36(33,34)35-19-8-11-21-22(15-19)29-23(28-21)30-24(32)27-16-18-5-3-4-12-25-18/h3-12,15,26H,13-14,16H2,1-2H3,(H3,27,28,29,30,32). The molecule has 12 heteroatoms. The van der Waals surface area contributed by atoms with Crippen LogP contribution < -0.4 is 20.1 Å². The molecule has 0 radical (unpaired) electrons. The van der Waals surface area contributed by atoms with Crippen molar-refractivity contribution in [2.75, 3.05) is 37.8 Å². The Balaban J connectivity index is 1.37. The van der Waals surface area contributed by atoms with Gasteiger partial charge in [-0.3, -0.25) is 10.3 Å². The van der Waals surface area contributed by atoms with E-state index in [1.165, 1.54) is 24.3 Å². The second-order valence-electron chi connectivity index (χ2n) is 8.19. The van der Waals surface area contributed by atoms with Crippen molar-refractivity contribution in [2.24, 2.45) is 0 Å². The Labute approximate surface area is 209 Å². The zero-order valence-corrected chi connectivity index (χ0v) is 20.7. The van der Waals surface area contributed by atoms with E-state index in [1.807, 2.05) is 25.1 Å². The molecular weight excluding hydrogens is 482 g/mol. The van der Waals surface area contributed by atoms with Crippen molar-refractivity contribution in [2.45, 2.75) is 11.4 Å². The van der Waals surface area contributed by atoms with E-state index in [2.05, 4.69) is 30.9 Å². The maximum atomic E-state index is 12.7. The van der Waals surface area contributed by atoms with E-state index in [1.54, 1.807) is 36.5 Å². The van der Waals surface area contributed by atoms with Gasteiger partial charge in [0.2, 0.25) is 5.95 Å². The van der Waals surface area contributed by atoms with E-state index in [-0.39, 0.29) is 23.1 Å². The zero-order valence-electron chi connectivity index (χ0n) is 19.9. The Morgan fingerprint density at radius 2 is 1.89 bits per heavy atom. The molecule has 36 heavy (non-hydrogen) atoms. The van der Waals surface area contributed by atoms with Crippen LogP contribution in [0.5, 0.6) is 5.75 Å². The molecule has 0 aliphatic heterocycles. The number of H-pyrrole nitrogens is 1. The molecule has 11 nitrogen and oxygen atoms in total. The summed E-state index contributed by atoms with van der Waals surface area (Å²) >= 11 is 0. The van der Waals surface area contributed by atoms with Crippen molar-refractivity contribution in [1.29, 1.82) is 0 Å². The van der Waals surface area contributed by atoms with Gasteiger partial charge in [-0.05, 0) is 62.6 Å². The van der Waals surface area contributed by atoms with Gasteiger partial charge in [0.1, 0.15) is 10.6 Å². The van der Waals surface area contributed by atoms with Crippen molar-refractivity contribution in [3.63, 3.8) is 0 Å². The lowest BCUT2D eigenvalue weighted by Crippen LogP contribution is -2.28. The fourth-order valence-electron chi connectivity index (χ4n) is 3.26. The number of rotatable bonds is 10. The third kappa shape index (κ3) is 6.71. The highest BCUT2D eigenvalue weighted by Gasteiger charge is 2.17. The summed E-state index contributed by atoms with van der Waals surface area (Å²) in [6.07, 6.45) is 1.65. The van der Waals surface area contributed by atoms with Crippen LogP contribution in [0.15, 0.2) is 71.8 Å². The van der Waals surface area contributed by atoms with Gasteiger partial charge < -0.3 is 24.7 Å². The lowest BCUT2D eigenvalue weighted by atomic mass is 10.3. The smallest absolute Gasteiger partial charge is 0.339 e. The third-order valence-electron chi connectivity index (χ3n) is 5.08. The van der Waals surface area contributed by atoms with E-state index >= 15 is 0 Å². The molecule has 0 saturated carbocycles. The van der Waals surface area contributed by atoms with Crippen LogP contribution in [0.2, 0.25) is 0 Å². The molecule has 2 heterocycles. The van der Waals surface area contributed by atoms with Crippen LogP contribution in [0.25, 0.3) is 11.0 Å². The molecular formula is C24H27N7O4S. The SMILES string of the molecule is CN(C)CCNc1ccc(S(=O)(=O)Oc2ccc3nc(NC(=O)NCc4ccccn4)[nH]c3c2)cc1. The number of amides is 2. The van der Waals surface area contributed by atoms with Crippen LogP contribution in [0.3, 0.4) is 0 Å². The van der Waals surface area contributed by atoms with Gasteiger partial charge in [0.25, 0.3) is 0 Å². The number of pyridine rings is 1. The van der Waals surface area contributed by atoms with Crippen molar-refractivity contribution in [1.82, 2.24) is 25.2 Å². The predicted molar refractivity (Wildman–Crippen MR) is 137 cm³/mol. The first-order chi connectivity index (χ1) is 17.3. The summed E-state index contributed by atoms with van der Waals surface area (Å²) in [6, 6.07) is 16.0. The van der Waals surface area contributed by atoms with Crippen LogP contribution in [0.4, 0.5) is 16.4 Å². The number of carbonyl (C=O) groups excluding carboxylic acids is 1. The predicted octanol–water partition coefficient (Wildman–Crippen LogP) is 3.02. The molecule has 0 atom stereocenters. The number of fused-ring (bicyclic) bond motifs is 1. The fourth-order valence-corrected chi connectivity index (χ4v) is 4.19. The number of aromatic amines is 1. The van der Waals surface area contributed by atoms with Gasteiger partial charge >= 0.3 is 16.1 Å². The van der Waals surface area contributed by atoms with E-state index in [4.69, 9.17) is 4.18 Å². The number of benzene rings is 2. The lowest BCUT2D eigenvalue weighted by Gasteiger charge is -2.12. The molecule has 0 spiro atoms. The number of nitrogens with one attached hydrogen (secondary N) is 4. The number of nitrogens with zero attached hydrogens (tertiary/aromatic N) is 3. The second kappa shape index (κ2) is 11.1. The summed E-state index contributed by atoms with van der Waals surface area (Å²) in [5.41, 5.74) is 2.57. The van der Waals surface area contributed by atoms with Crippen molar-refractivity contribution >= 4 is 38.8 Å². The number of aromatic nitrogens is 3. The Kier molecular flexibility index (Phi) is 7.66. The molecule has 2 aromatic carbocycles. The quantitative estimate of drug-likeness (QED) is 0.239. The Morgan fingerprint density at radius 3 is 2.61 bits per heavy atom. The summed E-state index contributed by atoms with van der Waals surface area (Å²) in [4.78, 5) is 25.6. The van der Waals surface area contributed by atoms with Gasteiger partial charge in [-0.1, -0.05) is 6.07 Å².